The predicted octanol–water partition coefficient (Wildman–Crippen LogP) is 3.76. The molecule has 1 amide bonds. The number of carbonyl (C=O) groups excluding carboxylic acids is 1. The molecule has 2 rings (SSSR count). The van der Waals surface area contributed by atoms with Crippen molar-refractivity contribution in [1.29, 1.82) is 0 Å². The summed E-state index contributed by atoms with van der Waals surface area (Å²) >= 11 is 0. The molecule has 2 unspecified atom stereocenters. The lowest BCUT2D eigenvalue weighted by Gasteiger charge is -2.36. The Morgan fingerprint density at radius 3 is 2.41 bits per heavy atom. The molecule has 160 valence electrons. The van der Waals surface area contributed by atoms with Crippen LogP contribution in [0.1, 0.15) is 19.4 Å². The first-order valence-electron chi connectivity index (χ1n) is 9.46. The number of alkyl halides is 2. The molecule has 1 saturated heterocycles. The van der Waals surface area contributed by atoms with Crippen LogP contribution in [-0.2, 0) is 4.79 Å². The van der Waals surface area contributed by atoms with Gasteiger partial charge in [-0.15, -0.1) is 0 Å². The zero-order valence-corrected chi connectivity index (χ0v) is 16.9. The van der Waals surface area contributed by atoms with Crippen LogP contribution >= 0.6 is 0 Å². The van der Waals surface area contributed by atoms with Gasteiger partial charge in [-0.3, -0.25) is 9.69 Å². The largest absolute Gasteiger partial charge is 0.493 e. The van der Waals surface area contributed by atoms with Gasteiger partial charge in [-0.2, -0.15) is 0 Å². The molecule has 0 bridgehead atoms. The van der Waals surface area contributed by atoms with Gasteiger partial charge in [0.25, 0.3) is 0 Å². The number of amides is 1. The SMILES string of the molecule is COc1cc(/C=C/C(=O)N2CCN(C(F)C(F)C=CF)CC2)ccc1OC(C)C. The van der Waals surface area contributed by atoms with Crippen molar-refractivity contribution < 1.29 is 27.4 Å². The second kappa shape index (κ2) is 10.9. The lowest BCUT2D eigenvalue weighted by atomic mass is 10.1. The molecule has 8 heteroatoms. The number of piperazine rings is 1. The van der Waals surface area contributed by atoms with Gasteiger partial charge in [-0.05, 0) is 43.7 Å². The summed E-state index contributed by atoms with van der Waals surface area (Å²) in [7, 11) is 1.55. The van der Waals surface area contributed by atoms with Gasteiger partial charge in [-0.1, -0.05) is 6.07 Å². The second-order valence-electron chi connectivity index (χ2n) is 6.91. The number of hydrogen-bond acceptors (Lipinski definition) is 4. The molecule has 1 aromatic carbocycles. The molecule has 0 aromatic heterocycles. The summed E-state index contributed by atoms with van der Waals surface area (Å²) in [6, 6.07) is 5.37. The topological polar surface area (TPSA) is 42.0 Å². The van der Waals surface area contributed by atoms with Crippen LogP contribution in [0.25, 0.3) is 6.08 Å². The molecule has 2 atom stereocenters. The first kappa shape index (κ1) is 22.8. The van der Waals surface area contributed by atoms with Crippen molar-refractivity contribution >= 4 is 12.0 Å². The van der Waals surface area contributed by atoms with Crippen LogP contribution in [0.2, 0.25) is 0 Å². The Morgan fingerprint density at radius 2 is 1.83 bits per heavy atom. The molecule has 0 N–H and O–H groups in total. The van der Waals surface area contributed by atoms with Crippen LogP contribution in [0, 0.1) is 0 Å². The van der Waals surface area contributed by atoms with E-state index in [2.05, 4.69) is 0 Å². The first-order valence-corrected chi connectivity index (χ1v) is 9.46. The molecule has 1 aliphatic heterocycles. The molecular weight excluding hydrogens is 385 g/mol. The molecular formula is C21H27F3N2O3. The molecule has 1 fully saturated rings. The number of rotatable bonds is 8. The number of nitrogens with zero attached hydrogens (tertiary/aromatic N) is 2. The van der Waals surface area contributed by atoms with E-state index < -0.39 is 12.5 Å². The lowest BCUT2D eigenvalue weighted by Crippen LogP contribution is -2.52. The van der Waals surface area contributed by atoms with Gasteiger partial charge >= 0.3 is 0 Å². The summed E-state index contributed by atoms with van der Waals surface area (Å²) < 4.78 is 50.4. The Morgan fingerprint density at radius 1 is 1.14 bits per heavy atom. The molecule has 0 aliphatic carbocycles. The average Bonchev–Trinajstić information content (AvgIpc) is 2.72. The third-order valence-corrected chi connectivity index (χ3v) is 4.46. The van der Waals surface area contributed by atoms with E-state index in [1.54, 1.807) is 30.2 Å². The van der Waals surface area contributed by atoms with Gasteiger partial charge in [0, 0.05) is 32.3 Å². The number of ether oxygens (including phenoxy) is 2. The van der Waals surface area contributed by atoms with Crippen LogP contribution in [0.15, 0.2) is 36.7 Å². The molecule has 1 aromatic rings. The predicted molar refractivity (Wildman–Crippen MR) is 106 cm³/mol. The Bertz CT molecular complexity index is 732. The highest BCUT2D eigenvalue weighted by atomic mass is 19.2. The quantitative estimate of drug-likeness (QED) is 0.482. The Labute approximate surface area is 169 Å². The molecule has 0 saturated carbocycles. The maximum atomic E-state index is 13.9. The Balaban J connectivity index is 1.93. The third-order valence-electron chi connectivity index (χ3n) is 4.46. The zero-order chi connectivity index (χ0) is 21.4. The smallest absolute Gasteiger partial charge is 0.246 e. The van der Waals surface area contributed by atoms with Crippen LogP contribution < -0.4 is 9.47 Å². The summed E-state index contributed by atoms with van der Waals surface area (Å²) in [6.07, 6.45) is -0.305. The van der Waals surface area contributed by atoms with Crippen molar-refractivity contribution in [3.63, 3.8) is 0 Å². The minimum atomic E-state index is -2.03. The van der Waals surface area contributed by atoms with Crippen LogP contribution in [-0.4, -0.2) is 67.6 Å². The third kappa shape index (κ3) is 6.52. The van der Waals surface area contributed by atoms with Crippen molar-refractivity contribution in [3.8, 4) is 11.5 Å². The van der Waals surface area contributed by atoms with E-state index in [0.717, 1.165) is 5.56 Å². The van der Waals surface area contributed by atoms with E-state index in [-0.39, 0.29) is 44.5 Å². The number of carbonyl (C=O) groups is 1. The molecule has 5 nitrogen and oxygen atoms in total. The van der Waals surface area contributed by atoms with E-state index >= 15 is 0 Å². The monoisotopic (exact) mass is 412 g/mol. The van der Waals surface area contributed by atoms with Crippen molar-refractivity contribution in [2.24, 2.45) is 0 Å². The van der Waals surface area contributed by atoms with Gasteiger partial charge in [0.1, 0.15) is 0 Å². The van der Waals surface area contributed by atoms with Gasteiger partial charge < -0.3 is 14.4 Å². The van der Waals surface area contributed by atoms with Crippen molar-refractivity contribution in [3.05, 3.63) is 42.2 Å². The van der Waals surface area contributed by atoms with Gasteiger partial charge in [0.05, 0.1) is 19.5 Å². The zero-order valence-electron chi connectivity index (χ0n) is 16.9. The molecule has 1 aliphatic rings. The number of halogens is 3. The fourth-order valence-electron chi connectivity index (χ4n) is 2.96. The highest BCUT2D eigenvalue weighted by Crippen LogP contribution is 2.29. The van der Waals surface area contributed by atoms with Gasteiger partial charge in [0.15, 0.2) is 24.0 Å². The maximum Gasteiger partial charge on any atom is 0.246 e. The summed E-state index contributed by atoms with van der Waals surface area (Å²) in [4.78, 5) is 15.2. The van der Waals surface area contributed by atoms with E-state index in [9.17, 15) is 18.0 Å². The van der Waals surface area contributed by atoms with Crippen molar-refractivity contribution in [2.45, 2.75) is 32.4 Å². The summed E-state index contributed by atoms with van der Waals surface area (Å²) in [5.74, 6) is 0.970. The van der Waals surface area contributed by atoms with E-state index in [1.165, 1.54) is 11.0 Å². The van der Waals surface area contributed by atoms with Gasteiger partial charge in [-0.25, -0.2) is 13.2 Å². The van der Waals surface area contributed by atoms with E-state index in [1.807, 2.05) is 19.9 Å². The standard InChI is InChI=1S/C21H27F3N2O3/c1-15(2)29-18-6-4-16(14-19(18)28-3)5-7-20(27)25-10-12-26(13-11-25)21(24)17(23)8-9-22/h4-9,14-15,17,21H,10-13H2,1-3H3/b7-5+,9-8?. The highest BCUT2D eigenvalue weighted by Gasteiger charge is 2.29. The highest BCUT2D eigenvalue weighted by molar-refractivity contribution is 5.92. The molecule has 1 heterocycles. The summed E-state index contributed by atoms with van der Waals surface area (Å²) in [6.45, 7) is 4.72. The number of hydrogen-bond donors (Lipinski definition) is 0. The molecule has 0 radical (unpaired) electrons. The maximum absolute atomic E-state index is 13.9. The second-order valence-corrected chi connectivity index (χ2v) is 6.91. The minimum Gasteiger partial charge on any atom is -0.493 e. The normalized spacial score (nSPS) is 17.8. The summed E-state index contributed by atoms with van der Waals surface area (Å²) in [5.41, 5.74) is 0.770. The molecule has 29 heavy (non-hydrogen) atoms. The lowest BCUT2D eigenvalue weighted by molar-refractivity contribution is -0.129. The fraction of sp³-hybridized carbons (Fsp3) is 0.476. The van der Waals surface area contributed by atoms with Crippen LogP contribution in [0.5, 0.6) is 11.5 Å². The fourth-order valence-corrected chi connectivity index (χ4v) is 2.96. The van der Waals surface area contributed by atoms with Crippen molar-refractivity contribution in [2.75, 3.05) is 33.3 Å². The van der Waals surface area contributed by atoms with Gasteiger partial charge in [0.2, 0.25) is 5.91 Å². The van der Waals surface area contributed by atoms with Crippen LogP contribution in [0.4, 0.5) is 13.2 Å². The van der Waals surface area contributed by atoms with E-state index in [4.69, 9.17) is 9.47 Å². The number of benzene rings is 1. The Kier molecular flexibility index (Phi) is 8.57. The van der Waals surface area contributed by atoms with E-state index in [0.29, 0.717) is 17.6 Å². The molecule has 0 spiro atoms. The summed E-state index contributed by atoms with van der Waals surface area (Å²) in [5, 5.41) is 0. The van der Waals surface area contributed by atoms with Crippen molar-refractivity contribution in [1.82, 2.24) is 9.80 Å². The van der Waals surface area contributed by atoms with Crippen LogP contribution in [0.3, 0.4) is 0 Å². The average molecular weight is 412 g/mol. The first-order chi connectivity index (χ1) is 13.8. The Hall–Kier alpha value is -2.48. The minimum absolute atomic E-state index is 0.00168. The number of methoxy groups -OCH3 is 1.